The molecule has 0 spiro atoms. The van der Waals surface area contributed by atoms with Crippen LogP contribution in [0, 0.1) is 11.8 Å². The zero-order valence-electron chi connectivity index (χ0n) is 14.3. The highest BCUT2D eigenvalue weighted by Gasteiger charge is 2.22. The zero-order chi connectivity index (χ0) is 16.9. The minimum Gasteiger partial charge on any atom is -0.302 e. The molecule has 0 unspecified atom stereocenters. The molecule has 24 heavy (non-hydrogen) atoms. The van der Waals surface area contributed by atoms with Crippen molar-refractivity contribution in [1.82, 2.24) is 9.88 Å². The second-order valence-electron chi connectivity index (χ2n) is 6.96. The van der Waals surface area contributed by atoms with E-state index in [1.165, 1.54) is 23.3 Å². The summed E-state index contributed by atoms with van der Waals surface area (Å²) in [5.41, 5.74) is 2.29. The maximum atomic E-state index is 12.0. The van der Waals surface area contributed by atoms with E-state index >= 15 is 0 Å². The average Bonchev–Trinajstić information content (AvgIpc) is 3.16. The van der Waals surface area contributed by atoms with Gasteiger partial charge in [-0.3, -0.25) is 9.69 Å². The Labute approximate surface area is 151 Å². The van der Waals surface area contributed by atoms with E-state index in [4.69, 9.17) is 0 Å². The van der Waals surface area contributed by atoms with E-state index in [9.17, 15) is 4.79 Å². The summed E-state index contributed by atoms with van der Waals surface area (Å²) < 4.78 is 0. The Hall–Kier alpha value is -1.24. The topological polar surface area (TPSA) is 45.2 Å². The summed E-state index contributed by atoms with van der Waals surface area (Å²) in [6, 6.07) is 2.07. The molecule has 1 aliphatic rings. The van der Waals surface area contributed by atoms with Gasteiger partial charge >= 0.3 is 0 Å². The standard InChI is InChI=1S/C18H25N3OS2/c1-13-7-14(2)9-21(8-13)10-16-12-24-18(19-16)20-17(22)4-3-15-5-6-23-11-15/h5-6,11-14H,3-4,7-10H2,1-2H3,(H,19,20,22)/t13-,14-/m0/s1. The molecule has 1 aliphatic heterocycles. The Balaban J connectivity index is 1.47. The number of nitrogens with one attached hydrogen (secondary N) is 1. The summed E-state index contributed by atoms with van der Waals surface area (Å²) in [5, 5.41) is 9.86. The largest absolute Gasteiger partial charge is 0.302 e. The molecule has 0 radical (unpaired) electrons. The molecule has 6 heteroatoms. The van der Waals surface area contributed by atoms with Crippen LogP contribution in [0.1, 0.15) is 37.9 Å². The number of carbonyl (C=O) groups excluding carboxylic acids is 1. The number of hydrogen-bond donors (Lipinski definition) is 1. The molecule has 2 atom stereocenters. The van der Waals surface area contributed by atoms with Crippen molar-refractivity contribution in [2.24, 2.45) is 11.8 Å². The zero-order valence-corrected chi connectivity index (χ0v) is 16.0. The van der Waals surface area contributed by atoms with Crippen LogP contribution in [0.2, 0.25) is 0 Å². The number of likely N-dealkylation sites (tertiary alicyclic amines) is 1. The van der Waals surface area contributed by atoms with Crippen molar-refractivity contribution in [3.8, 4) is 0 Å². The molecule has 0 bridgehead atoms. The van der Waals surface area contributed by atoms with Crippen molar-refractivity contribution >= 4 is 33.7 Å². The first-order valence-electron chi connectivity index (χ1n) is 8.56. The van der Waals surface area contributed by atoms with Gasteiger partial charge in [-0.1, -0.05) is 13.8 Å². The van der Waals surface area contributed by atoms with Gasteiger partial charge in [-0.05, 0) is 47.1 Å². The molecule has 1 amide bonds. The van der Waals surface area contributed by atoms with Crippen LogP contribution in [0.3, 0.4) is 0 Å². The summed E-state index contributed by atoms with van der Waals surface area (Å²) in [5.74, 6) is 1.55. The molecule has 4 nitrogen and oxygen atoms in total. The van der Waals surface area contributed by atoms with Gasteiger partial charge in [-0.15, -0.1) is 11.3 Å². The van der Waals surface area contributed by atoms with E-state index in [1.54, 1.807) is 11.3 Å². The van der Waals surface area contributed by atoms with E-state index in [0.717, 1.165) is 48.7 Å². The number of anilines is 1. The van der Waals surface area contributed by atoms with Crippen molar-refractivity contribution in [3.63, 3.8) is 0 Å². The minimum atomic E-state index is 0.0438. The van der Waals surface area contributed by atoms with E-state index in [-0.39, 0.29) is 5.91 Å². The van der Waals surface area contributed by atoms with Crippen molar-refractivity contribution in [2.45, 2.75) is 39.7 Å². The van der Waals surface area contributed by atoms with Crippen molar-refractivity contribution in [3.05, 3.63) is 33.5 Å². The number of aryl methyl sites for hydroxylation is 1. The third-order valence-corrected chi connectivity index (χ3v) is 5.89. The molecule has 2 aromatic heterocycles. The minimum absolute atomic E-state index is 0.0438. The summed E-state index contributed by atoms with van der Waals surface area (Å²) in [6.45, 7) is 7.82. The Morgan fingerprint density at radius 1 is 1.33 bits per heavy atom. The SMILES string of the molecule is C[C@H]1C[C@H](C)CN(Cc2csc(NC(=O)CCc3ccsc3)n2)C1. The monoisotopic (exact) mass is 363 g/mol. The quantitative estimate of drug-likeness (QED) is 0.834. The van der Waals surface area contributed by atoms with Crippen LogP contribution in [0.4, 0.5) is 5.13 Å². The number of rotatable bonds is 6. The molecule has 1 saturated heterocycles. The maximum Gasteiger partial charge on any atom is 0.226 e. The fourth-order valence-corrected chi connectivity index (χ4v) is 4.88. The fraction of sp³-hybridized carbons (Fsp3) is 0.556. The highest BCUT2D eigenvalue weighted by molar-refractivity contribution is 7.13. The molecule has 0 aliphatic carbocycles. The molecule has 2 aromatic rings. The third kappa shape index (κ3) is 5.13. The lowest BCUT2D eigenvalue weighted by atomic mass is 9.92. The Morgan fingerprint density at radius 3 is 2.83 bits per heavy atom. The van der Waals surface area contributed by atoms with E-state index in [2.05, 4.69) is 45.9 Å². The first kappa shape index (κ1) is 17.6. The smallest absolute Gasteiger partial charge is 0.226 e. The predicted octanol–water partition coefficient (Wildman–Crippen LogP) is 4.25. The van der Waals surface area contributed by atoms with Gasteiger partial charge in [0.2, 0.25) is 5.91 Å². The molecule has 3 heterocycles. The number of amides is 1. The molecule has 130 valence electrons. The van der Waals surface area contributed by atoms with E-state index in [1.807, 2.05) is 5.38 Å². The second kappa shape index (κ2) is 8.23. The third-order valence-electron chi connectivity index (χ3n) is 4.35. The molecule has 3 rings (SSSR count). The molecule has 1 fully saturated rings. The molecular weight excluding hydrogens is 338 g/mol. The van der Waals surface area contributed by atoms with Gasteiger partial charge in [0.25, 0.3) is 0 Å². The van der Waals surface area contributed by atoms with Gasteiger partial charge < -0.3 is 5.32 Å². The summed E-state index contributed by atoms with van der Waals surface area (Å²) >= 11 is 3.19. The van der Waals surface area contributed by atoms with Crippen LogP contribution in [0.15, 0.2) is 22.2 Å². The number of aromatic nitrogens is 1. The van der Waals surface area contributed by atoms with Crippen LogP contribution < -0.4 is 5.32 Å². The van der Waals surface area contributed by atoms with Crippen LogP contribution in [0.5, 0.6) is 0 Å². The Bertz CT molecular complexity index is 643. The fourth-order valence-electron chi connectivity index (χ4n) is 3.46. The number of hydrogen-bond acceptors (Lipinski definition) is 5. The predicted molar refractivity (Wildman–Crippen MR) is 102 cm³/mol. The Morgan fingerprint density at radius 2 is 2.12 bits per heavy atom. The first-order valence-corrected chi connectivity index (χ1v) is 10.4. The number of nitrogens with zero attached hydrogens (tertiary/aromatic N) is 2. The van der Waals surface area contributed by atoms with Crippen molar-refractivity contribution in [1.29, 1.82) is 0 Å². The van der Waals surface area contributed by atoms with E-state index in [0.29, 0.717) is 6.42 Å². The number of carbonyl (C=O) groups is 1. The number of thiazole rings is 1. The summed E-state index contributed by atoms with van der Waals surface area (Å²) in [6.07, 6.45) is 2.61. The van der Waals surface area contributed by atoms with Crippen LogP contribution >= 0.6 is 22.7 Å². The number of thiophene rings is 1. The first-order chi connectivity index (χ1) is 11.6. The molecule has 0 aromatic carbocycles. The van der Waals surface area contributed by atoms with Gasteiger partial charge in [-0.25, -0.2) is 4.98 Å². The molecule has 1 N–H and O–H groups in total. The van der Waals surface area contributed by atoms with Crippen molar-refractivity contribution < 1.29 is 4.79 Å². The maximum absolute atomic E-state index is 12.0. The normalized spacial score (nSPS) is 21.8. The average molecular weight is 364 g/mol. The molecular formula is C18H25N3OS2. The lowest BCUT2D eigenvalue weighted by Gasteiger charge is -2.34. The highest BCUT2D eigenvalue weighted by Crippen LogP contribution is 2.24. The summed E-state index contributed by atoms with van der Waals surface area (Å²) in [4.78, 5) is 19.1. The van der Waals surface area contributed by atoms with Gasteiger partial charge in [0, 0.05) is 31.4 Å². The van der Waals surface area contributed by atoms with Gasteiger partial charge in [0.1, 0.15) is 0 Å². The summed E-state index contributed by atoms with van der Waals surface area (Å²) in [7, 11) is 0. The van der Waals surface area contributed by atoms with Gasteiger partial charge in [0.15, 0.2) is 5.13 Å². The van der Waals surface area contributed by atoms with Gasteiger partial charge in [0.05, 0.1) is 5.69 Å². The number of piperidine rings is 1. The van der Waals surface area contributed by atoms with E-state index < -0.39 is 0 Å². The van der Waals surface area contributed by atoms with Crippen LogP contribution in [0.25, 0.3) is 0 Å². The lowest BCUT2D eigenvalue weighted by molar-refractivity contribution is -0.116. The molecule has 0 saturated carbocycles. The van der Waals surface area contributed by atoms with Crippen molar-refractivity contribution in [2.75, 3.05) is 18.4 Å². The lowest BCUT2D eigenvalue weighted by Crippen LogP contribution is -2.38. The highest BCUT2D eigenvalue weighted by atomic mass is 32.1. The van der Waals surface area contributed by atoms with Crippen LogP contribution in [-0.4, -0.2) is 28.9 Å². The Kier molecular flexibility index (Phi) is 6.03. The second-order valence-corrected chi connectivity index (χ2v) is 8.60. The van der Waals surface area contributed by atoms with Crippen LogP contribution in [-0.2, 0) is 17.8 Å². The van der Waals surface area contributed by atoms with Gasteiger partial charge in [-0.2, -0.15) is 11.3 Å².